The highest BCUT2D eigenvalue weighted by Gasteiger charge is 2.35. The van der Waals surface area contributed by atoms with Crippen LogP contribution in [0.25, 0.3) is 0 Å². The maximum atomic E-state index is 12.1. The lowest BCUT2D eigenvalue weighted by atomic mass is 10.2. The zero-order valence-electron chi connectivity index (χ0n) is 11.9. The number of methoxy groups -OCH3 is 2. The smallest absolute Gasteiger partial charge is 0.335 e. The zero-order chi connectivity index (χ0) is 15.4. The Labute approximate surface area is 122 Å². The van der Waals surface area contributed by atoms with Gasteiger partial charge in [-0.1, -0.05) is 0 Å². The number of aromatic carboxylic acids is 1. The Kier molecular flexibility index (Phi) is 4.77. The SMILES string of the molecule is COC1CN(C(=O)Nc2ccc(C(=O)O)cc2)CC1OC. The Morgan fingerprint density at radius 2 is 1.67 bits per heavy atom. The molecule has 0 aromatic heterocycles. The molecule has 1 fully saturated rings. The topological polar surface area (TPSA) is 88.1 Å². The summed E-state index contributed by atoms with van der Waals surface area (Å²) in [5.41, 5.74) is 0.716. The number of amides is 2. The molecule has 2 rings (SSSR count). The van der Waals surface area contributed by atoms with Crippen LogP contribution in [0.5, 0.6) is 0 Å². The molecule has 1 saturated heterocycles. The summed E-state index contributed by atoms with van der Waals surface area (Å²) >= 11 is 0. The molecule has 0 spiro atoms. The summed E-state index contributed by atoms with van der Waals surface area (Å²) in [6.07, 6.45) is -0.287. The molecule has 1 aromatic carbocycles. The highest BCUT2D eigenvalue weighted by Crippen LogP contribution is 2.17. The minimum absolute atomic E-state index is 0.143. The number of hydrogen-bond donors (Lipinski definition) is 2. The van der Waals surface area contributed by atoms with E-state index >= 15 is 0 Å². The number of anilines is 1. The lowest BCUT2D eigenvalue weighted by Gasteiger charge is -2.16. The fourth-order valence-corrected chi connectivity index (χ4v) is 2.26. The zero-order valence-corrected chi connectivity index (χ0v) is 11.9. The molecule has 1 aliphatic heterocycles. The van der Waals surface area contributed by atoms with E-state index in [-0.39, 0.29) is 23.8 Å². The first kappa shape index (κ1) is 15.3. The summed E-state index contributed by atoms with van der Waals surface area (Å²) in [4.78, 5) is 24.5. The summed E-state index contributed by atoms with van der Waals surface area (Å²) in [7, 11) is 3.17. The number of carboxylic acid groups (broad SMARTS) is 1. The van der Waals surface area contributed by atoms with E-state index in [0.29, 0.717) is 18.8 Å². The van der Waals surface area contributed by atoms with Crippen LogP contribution in [0.3, 0.4) is 0 Å². The average molecular weight is 294 g/mol. The minimum Gasteiger partial charge on any atom is -0.478 e. The van der Waals surface area contributed by atoms with Crippen molar-refractivity contribution in [3.8, 4) is 0 Å². The molecule has 21 heavy (non-hydrogen) atoms. The maximum absolute atomic E-state index is 12.1. The second kappa shape index (κ2) is 6.55. The molecule has 0 aliphatic carbocycles. The third kappa shape index (κ3) is 3.50. The van der Waals surface area contributed by atoms with Gasteiger partial charge in [-0.25, -0.2) is 9.59 Å². The van der Waals surface area contributed by atoms with Crippen molar-refractivity contribution in [1.82, 2.24) is 4.90 Å². The number of hydrogen-bond acceptors (Lipinski definition) is 4. The van der Waals surface area contributed by atoms with Gasteiger partial charge in [0.15, 0.2) is 0 Å². The number of nitrogens with zero attached hydrogens (tertiary/aromatic N) is 1. The number of benzene rings is 1. The van der Waals surface area contributed by atoms with E-state index in [1.165, 1.54) is 12.1 Å². The van der Waals surface area contributed by atoms with Crippen LogP contribution in [0.1, 0.15) is 10.4 Å². The van der Waals surface area contributed by atoms with Crippen LogP contribution in [0, 0.1) is 0 Å². The van der Waals surface area contributed by atoms with E-state index in [9.17, 15) is 9.59 Å². The molecule has 2 amide bonds. The number of rotatable bonds is 4. The van der Waals surface area contributed by atoms with Gasteiger partial charge in [0.2, 0.25) is 0 Å². The van der Waals surface area contributed by atoms with E-state index in [1.54, 1.807) is 31.3 Å². The molecule has 0 bridgehead atoms. The number of carbonyl (C=O) groups is 2. The average Bonchev–Trinajstić information content (AvgIpc) is 2.91. The molecule has 2 N–H and O–H groups in total. The lowest BCUT2D eigenvalue weighted by molar-refractivity contribution is -0.00461. The number of ether oxygens (including phenoxy) is 2. The van der Waals surface area contributed by atoms with Crippen LogP contribution < -0.4 is 5.32 Å². The van der Waals surface area contributed by atoms with E-state index in [1.807, 2.05) is 0 Å². The molecule has 0 saturated carbocycles. The van der Waals surface area contributed by atoms with Gasteiger partial charge in [0, 0.05) is 19.9 Å². The molecule has 2 atom stereocenters. The monoisotopic (exact) mass is 294 g/mol. The fraction of sp³-hybridized carbons (Fsp3) is 0.429. The van der Waals surface area contributed by atoms with Crippen molar-refractivity contribution in [1.29, 1.82) is 0 Å². The number of likely N-dealkylation sites (tertiary alicyclic amines) is 1. The second-order valence-electron chi connectivity index (χ2n) is 4.77. The normalized spacial score (nSPS) is 21.3. The highest BCUT2D eigenvalue weighted by atomic mass is 16.5. The van der Waals surface area contributed by atoms with Crippen LogP contribution in [0.15, 0.2) is 24.3 Å². The van der Waals surface area contributed by atoms with Crippen LogP contribution >= 0.6 is 0 Å². The molecule has 2 unspecified atom stereocenters. The first-order valence-electron chi connectivity index (χ1n) is 6.50. The fourth-order valence-electron chi connectivity index (χ4n) is 2.26. The van der Waals surface area contributed by atoms with E-state index in [0.717, 1.165) is 0 Å². The summed E-state index contributed by atoms with van der Waals surface area (Å²) in [6.45, 7) is 0.905. The predicted octanol–water partition coefficient (Wildman–Crippen LogP) is 1.26. The molecule has 1 aliphatic rings. The van der Waals surface area contributed by atoms with Gasteiger partial charge in [-0.3, -0.25) is 0 Å². The predicted molar refractivity (Wildman–Crippen MR) is 75.6 cm³/mol. The molecule has 7 heteroatoms. The van der Waals surface area contributed by atoms with E-state index in [2.05, 4.69) is 5.32 Å². The van der Waals surface area contributed by atoms with Gasteiger partial charge in [0.05, 0.1) is 18.7 Å². The molecule has 1 aromatic rings. The van der Waals surface area contributed by atoms with Gasteiger partial charge in [-0.2, -0.15) is 0 Å². The van der Waals surface area contributed by atoms with Gasteiger partial charge < -0.3 is 24.8 Å². The van der Waals surface area contributed by atoms with Gasteiger partial charge in [-0.15, -0.1) is 0 Å². The van der Waals surface area contributed by atoms with Crippen molar-refractivity contribution in [3.63, 3.8) is 0 Å². The standard InChI is InChI=1S/C14H18N2O5/c1-20-11-7-16(8-12(11)21-2)14(19)15-10-5-3-9(4-6-10)13(17)18/h3-6,11-12H,7-8H2,1-2H3,(H,15,19)(H,17,18). The Bertz CT molecular complexity index is 505. The summed E-state index contributed by atoms with van der Waals surface area (Å²) in [6, 6.07) is 5.73. The first-order valence-corrected chi connectivity index (χ1v) is 6.50. The van der Waals surface area contributed by atoms with Crippen LogP contribution in [-0.4, -0.2) is 61.5 Å². The molecular formula is C14H18N2O5. The Balaban J connectivity index is 1.97. The largest absolute Gasteiger partial charge is 0.478 e. The first-order chi connectivity index (χ1) is 10.0. The molecule has 1 heterocycles. The second-order valence-corrected chi connectivity index (χ2v) is 4.77. The maximum Gasteiger partial charge on any atom is 0.335 e. The van der Waals surface area contributed by atoms with Crippen molar-refractivity contribution in [2.75, 3.05) is 32.6 Å². The Morgan fingerprint density at radius 3 is 2.10 bits per heavy atom. The van der Waals surface area contributed by atoms with Crippen molar-refractivity contribution in [2.45, 2.75) is 12.2 Å². The number of carboxylic acids is 1. The van der Waals surface area contributed by atoms with Gasteiger partial charge in [-0.05, 0) is 24.3 Å². The Hall–Kier alpha value is -2.12. The summed E-state index contributed by atoms with van der Waals surface area (Å²) in [5, 5.41) is 11.5. The Morgan fingerprint density at radius 1 is 1.14 bits per heavy atom. The lowest BCUT2D eigenvalue weighted by Crippen LogP contribution is -2.34. The molecule has 0 radical (unpaired) electrons. The van der Waals surface area contributed by atoms with Crippen molar-refractivity contribution in [2.24, 2.45) is 0 Å². The number of carbonyl (C=O) groups excluding carboxylic acids is 1. The summed E-state index contributed by atoms with van der Waals surface area (Å²) < 4.78 is 10.6. The van der Waals surface area contributed by atoms with Crippen LogP contribution in [0.2, 0.25) is 0 Å². The van der Waals surface area contributed by atoms with E-state index in [4.69, 9.17) is 14.6 Å². The van der Waals surface area contributed by atoms with Crippen LogP contribution in [-0.2, 0) is 9.47 Å². The van der Waals surface area contributed by atoms with Crippen molar-refractivity contribution >= 4 is 17.7 Å². The third-order valence-electron chi connectivity index (χ3n) is 3.49. The molecular weight excluding hydrogens is 276 g/mol. The van der Waals surface area contributed by atoms with Gasteiger partial charge >= 0.3 is 12.0 Å². The van der Waals surface area contributed by atoms with E-state index < -0.39 is 5.97 Å². The quantitative estimate of drug-likeness (QED) is 0.873. The minimum atomic E-state index is -1.00. The van der Waals surface area contributed by atoms with Crippen molar-refractivity contribution < 1.29 is 24.2 Å². The number of urea groups is 1. The summed E-state index contributed by atoms with van der Waals surface area (Å²) in [5.74, 6) is -1.00. The van der Waals surface area contributed by atoms with Crippen molar-refractivity contribution in [3.05, 3.63) is 29.8 Å². The molecule has 114 valence electrons. The van der Waals surface area contributed by atoms with Gasteiger partial charge in [0.1, 0.15) is 12.2 Å². The van der Waals surface area contributed by atoms with Gasteiger partial charge in [0.25, 0.3) is 0 Å². The molecule has 7 nitrogen and oxygen atoms in total. The highest BCUT2D eigenvalue weighted by molar-refractivity contribution is 5.91. The number of nitrogens with one attached hydrogen (secondary N) is 1. The third-order valence-corrected chi connectivity index (χ3v) is 3.49. The van der Waals surface area contributed by atoms with Crippen LogP contribution in [0.4, 0.5) is 10.5 Å².